The topological polar surface area (TPSA) is 49.5 Å². The number of aliphatic hydroxyl groups excluding tert-OH is 1. The van der Waals surface area contributed by atoms with Crippen LogP contribution in [-0.4, -0.2) is 36.2 Å². The first-order valence-corrected chi connectivity index (χ1v) is 5.73. The highest BCUT2D eigenvalue weighted by Crippen LogP contribution is 2.09. The monoisotopic (exact) mass is 222 g/mol. The largest absolute Gasteiger partial charge is 0.396 e. The van der Waals surface area contributed by atoms with Crippen LogP contribution in [0.1, 0.15) is 17.5 Å². The van der Waals surface area contributed by atoms with Gasteiger partial charge >= 0.3 is 0 Å². The molecule has 0 aromatic heterocycles. The van der Waals surface area contributed by atoms with Gasteiger partial charge in [0.2, 0.25) is 0 Å². The lowest BCUT2D eigenvalue weighted by molar-refractivity contribution is 0.244. The number of nitrogens with two attached hydrogens (primary N) is 1. The van der Waals surface area contributed by atoms with Gasteiger partial charge in [0.05, 0.1) is 0 Å². The Hall–Kier alpha value is -0.900. The van der Waals surface area contributed by atoms with Crippen LogP contribution in [-0.2, 0) is 6.54 Å². The van der Waals surface area contributed by atoms with E-state index in [1.54, 1.807) is 0 Å². The maximum Gasteiger partial charge on any atom is 0.0446 e. The van der Waals surface area contributed by atoms with Crippen LogP contribution in [0, 0.1) is 6.92 Å². The van der Waals surface area contributed by atoms with Crippen molar-refractivity contribution in [1.29, 1.82) is 0 Å². The van der Waals surface area contributed by atoms with E-state index in [1.807, 2.05) is 0 Å². The first-order chi connectivity index (χ1) is 7.63. The number of likely N-dealkylation sites (N-methyl/N-ethyl adjacent to an activating group) is 1. The summed E-state index contributed by atoms with van der Waals surface area (Å²) in [6, 6.07) is 8.43. The predicted octanol–water partition coefficient (Wildman–Crippen LogP) is 1.14. The van der Waals surface area contributed by atoms with Gasteiger partial charge in [0.1, 0.15) is 0 Å². The molecule has 3 heteroatoms. The van der Waals surface area contributed by atoms with E-state index in [-0.39, 0.29) is 12.6 Å². The maximum absolute atomic E-state index is 8.78. The average molecular weight is 222 g/mol. The molecule has 1 aromatic rings. The molecular weight excluding hydrogens is 200 g/mol. The second-order valence-electron chi connectivity index (χ2n) is 4.40. The molecular formula is C13H22N2O. The standard InChI is InChI=1S/C13H22N2O/c1-11-5-3-4-6-12(11)9-15(2)10-13(14)7-8-16/h3-6,13,16H,7-10,14H2,1-2H3. The van der Waals surface area contributed by atoms with Crippen LogP contribution in [0.5, 0.6) is 0 Å². The minimum atomic E-state index is 0.0546. The summed E-state index contributed by atoms with van der Waals surface area (Å²) in [7, 11) is 2.06. The van der Waals surface area contributed by atoms with Crippen LogP contribution in [0.15, 0.2) is 24.3 Å². The quantitative estimate of drug-likeness (QED) is 0.759. The fourth-order valence-electron chi connectivity index (χ4n) is 1.80. The third kappa shape index (κ3) is 4.31. The van der Waals surface area contributed by atoms with E-state index in [0.29, 0.717) is 6.42 Å². The summed E-state index contributed by atoms with van der Waals surface area (Å²) in [5, 5.41) is 8.78. The first-order valence-electron chi connectivity index (χ1n) is 5.73. The molecule has 1 unspecified atom stereocenters. The number of hydrogen-bond donors (Lipinski definition) is 2. The third-order valence-electron chi connectivity index (χ3n) is 2.75. The normalized spacial score (nSPS) is 13.1. The molecule has 0 aliphatic rings. The lowest BCUT2D eigenvalue weighted by Gasteiger charge is -2.21. The van der Waals surface area contributed by atoms with Crippen LogP contribution < -0.4 is 5.73 Å². The van der Waals surface area contributed by atoms with E-state index < -0.39 is 0 Å². The molecule has 0 spiro atoms. The van der Waals surface area contributed by atoms with Gasteiger partial charge in [0.15, 0.2) is 0 Å². The molecule has 90 valence electrons. The summed E-state index contributed by atoms with van der Waals surface area (Å²) in [4.78, 5) is 2.20. The summed E-state index contributed by atoms with van der Waals surface area (Å²) < 4.78 is 0. The minimum absolute atomic E-state index is 0.0546. The molecule has 0 bridgehead atoms. The summed E-state index contributed by atoms with van der Waals surface area (Å²) >= 11 is 0. The second-order valence-corrected chi connectivity index (χ2v) is 4.40. The SMILES string of the molecule is Cc1ccccc1CN(C)CC(N)CCO. The van der Waals surface area contributed by atoms with Gasteiger partial charge in [-0.25, -0.2) is 0 Å². The minimum Gasteiger partial charge on any atom is -0.396 e. The lowest BCUT2D eigenvalue weighted by atomic mass is 10.1. The van der Waals surface area contributed by atoms with Crippen molar-refractivity contribution in [2.24, 2.45) is 5.73 Å². The Labute approximate surface area is 97.9 Å². The molecule has 16 heavy (non-hydrogen) atoms. The zero-order chi connectivity index (χ0) is 12.0. The van der Waals surface area contributed by atoms with Gasteiger partial charge < -0.3 is 15.7 Å². The van der Waals surface area contributed by atoms with Crippen LogP contribution in [0.4, 0.5) is 0 Å². The van der Waals surface area contributed by atoms with Gasteiger partial charge in [-0.3, -0.25) is 0 Å². The van der Waals surface area contributed by atoms with E-state index >= 15 is 0 Å². The van der Waals surface area contributed by atoms with Gasteiger partial charge in [0, 0.05) is 25.7 Å². The summed E-state index contributed by atoms with van der Waals surface area (Å²) in [5.74, 6) is 0. The van der Waals surface area contributed by atoms with E-state index in [2.05, 4.69) is 43.1 Å². The van der Waals surface area contributed by atoms with Gasteiger partial charge in [-0.1, -0.05) is 24.3 Å². The summed E-state index contributed by atoms with van der Waals surface area (Å²) in [6.07, 6.45) is 0.665. The number of benzene rings is 1. The molecule has 1 rings (SSSR count). The van der Waals surface area contributed by atoms with Gasteiger partial charge in [0.25, 0.3) is 0 Å². The Morgan fingerprint density at radius 2 is 2.06 bits per heavy atom. The number of aliphatic hydroxyl groups is 1. The molecule has 0 fully saturated rings. The van der Waals surface area contributed by atoms with Crippen LogP contribution in [0.25, 0.3) is 0 Å². The molecule has 0 saturated carbocycles. The molecule has 0 aliphatic heterocycles. The second kappa shape index (κ2) is 6.63. The highest BCUT2D eigenvalue weighted by Gasteiger charge is 2.07. The van der Waals surface area contributed by atoms with Crippen LogP contribution >= 0.6 is 0 Å². The Morgan fingerprint density at radius 1 is 1.38 bits per heavy atom. The molecule has 3 N–H and O–H groups in total. The van der Waals surface area contributed by atoms with Crippen molar-refractivity contribution in [2.45, 2.75) is 25.9 Å². The smallest absolute Gasteiger partial charge is 0.0446 e. The average Bonchev–Trinajstić information content (AvgIpc) is 2.21. The zero-order valence-electron chi connectivity index (χ0n) is 10.2. The number of nitrogens with zero attached hydrogens (tertiary/aromatic N) is 1. The molecule has 1 aromatic carbocycles. The van der Waals surface area contributed by atoms with Crippen molar-refractivity contribution < 1.29 is 5.11 Å². The predicted molar refractivity (Wildman–Crippen MR) is 67.2 cm³/mol. The molecule has 3 nitrogen and oxygen atoms in total. The van der Waals surface area contributed by atoms with Crippen molar-refractivity contribution in [3.05, 3.63) is 35.4 Å². The van der Waals surface area contributed by atoms with E-state index in [9.17, 15) is 0 Å². The number of hydrogen-bond acceptors (Lipinski definition) is 3. The fourth-order valence-corrected chi connectivity index (χ4v) is 1.80. The van der Waals surface area contributed by atoms with E-state index in [0.717, 1.165) is 13.1 Å². The highest BCUT2D eigenvalue weighted by atomic mass is 16.3. The van der Waals surface area contributed by atoms with Gasteiger partial charge in [-0.15, -0.1) is 0 Å². The Balaban J connectivity index is 2.45. The van der Waals surface area contributed by atoms with Gasteiger partial charge in [-0.2, -0.15) is 0 Å². The van der Waals surface area contributed by atoms with Crippen molar-refractivity contribution in [1.82, 2.24) is 4.90 Å². The first kappa shape index (κ1) is 13.2. The highest BCUT2D eigenvalue weighted by molar-refractivity contribution is 5.25. The van der Waals surface area contributed by atoms with E-state index in [1.165, 1.54) is 11.1 Å². The maximum atomic E-state index is 8.78. The Morgan fingerprint density at radius 3 is 2.69 bits per heavy atom. The molecule has 1 atom stereocenters. The number of rotatable bonds is 6. The lowest BCUT2D eigenvalue weighted by Crippen LogP contribution is -2.35. The molecule has 0 amide bonds. The van der Waals surface area contributed by atoms with Crippen molar-refractivity contribution in [3.63, 3.8) is 0 Å². The van der Waals surface area contributed by atoms with E-state index in [4.69, 9.17) is 10.8 Å². The molecule has 0 saturated heterocycles. The third-order valence-corrected chi connectivity index (χ3v) is 2.75. The Bertz CT molecular complexity index is 315. The van der Waals surface area contributed by atoms with Crippen LogP contribution in [0.3, 0.4) is 0 Å². The molecule has 0 heterocycles. The molecule has 0 aliphatic carbocycles. The summed E-state index contributed by atoms with van der Waals surface area (Å²) in [6.45, 7) is 4.01. The van der Waals surface area contributed by atoms with Crippen LogP contribution in [0.2, 0.25) is 0 Å². The van der Waals surface area contributed by atoms with Gasteiger partial charge in [-0.05, 0) is 31.5 Å². The van der Waals surface area contributed by atoms with Crippen molar-refractivity contribution in [3.8, 4) is 0 Å². The molecule has 0 radical (unpaired) electrons. The zero-order valence-corrected chi connectivity index (χ0v) is 10.2. The number of aryl methyl sites for hydroxylation is 1. The Kier molecular flexibility index (Phi) is 5.46. The summed E-state index contributed by atoms with van der Waals surface area (Å²) in [5.41, 5.74) is 8.52. The van der Waals surface area contributed by atoms with Crippen molar-refractivity contribution in [2.75, 3.05) is 20.2 Å². The van der Waals surface area contributed by atoms with Crippen molar-refractivity contribution >= 4 is 0 Å². The fraction of sp³-hybridized carbons (Fsp3) is 0.538.